The molecule has 2 unspecified atom stereocenters. The van der Waals surface area contributed by atoms with Crippen molar-refractivity contribution in [1.29, 1.82) is 0 Å². The molecule has 1 fully saturated rings. The van der Waals surface area contributed by atoms with Gasteiger partial charge in [0.05, 0.1) is 6.04 Å². The van der Waals surface area contributed by atoms with Gasteiger partial charge in [0.15, 0.2) is 0 Å². The molecular formula is C15H18FNO3. The van der Waals surface area contributed by atoms with Gasteiger partial charge in [-0.05, 0) is 42.9 Å². The van der Waals surface area contributed by atoms with Crippen molar-refractivity contribution in [2.45, 2.75) is 32.7 Å². The van der Waals surface area contributed by atoms with Gasteiger partial charge in [-0.15, -0.1) is 0 Å². The summed E-state index contributed by atoms with van der Waals surface area (Å²) in [6.45, 7) is 4.08. The highest BCUT2D eigenvalue weighted by molar-refractivity contribution is 6.31. The van der Waals surface area contributed by atoms with Gasteiger partial charge in [0.1, 0.15) is 5.82 Å². The molecular weight excluding hydrogens is 261 g/mol. The minimum atomic E-state index is -1.44. The van der Waals surface area contributed by atoms with Crippen LogP contribution in [0.2, 0.25) is 0 Å². The van der Waals surface area contributed by atoms with Crippen molar-refractivity contribution in [2.24, 2.45) is 5.92 Å². The Bertz CT molecular complexity index is 544. The molecule has 108 valence electrons. The summed E-state index contributed by atoms with van der Waals surface area (Å²) >= 11 is 0. The summed E-state index contributed by atoms with van der Waals surface area (Å²) in [4.78, 5) is 24.2. The zero-order valence-corrected chi connectivity index (χ0v) is 11.6. The molecule has 2 atom stereocenters. The average Bonchev–Trinajstić information content (AvgIpc) is 2.41. The van der Waals surface area contributed by atoms with Crippen LogP contribution < -0.4 is 0 Å². The minimum absolute atomic E-state index is 0.274. The molecule has 0 spiro atoms. The molecule has 0 saturated carbocycles. The maximum absolute atomic E-state index is 13.3. The Hall–Kier alpha value is -1.91. The third kappa shape index (κ3) is 2.81. The summed E-state index contributed by atoms with van der Waals surface area (Å²) < 4.78 is 13.3. The van der Waals surface area contributed by atoms with Gasteiger partial charge in [0.25, 0.3) is 0 Å². The number of nitrogens with zero attached hydrogens (tertiary/aromatic N) is 1. The van der Waals surface area contributed by atoms with E-state index in [0.717, 1.165) is 12.0 Å². The van der Waals surface area contributed by atoms with Gasteiger partial charge in [0, 0.05) is 6.54 Å². The first-order chi connectivity index (χ1) is 9.40. The summed E-state index contributed by atoms with van der Waals surface area (Å²) in [6.07, 6.45) is 1.62. The Labute approximate surface area is 117 Å². The molecule has 2 rings (SSSR count). The van der Waals surface area contributed by atoms with E-state index in [2.05, 4.69) is 0 Å². The lowest BCUT2D eigenvalue weighted by Gasteiger charge is -2.38. The number of rotatable bonds is 1. The zero-order valence-electron chi connectivity index (χ0n) is 11.6. The first kappa shape index (κ1) is 14.5. The van der Waals surface area contributed by atoms with Crippen LogP contribution in [0.3, 0.4) is 0 Å². The average molecular weight is 279 g/mol. The van der Waals surface area contributed by atoms with Crippen LogP contribution in [0.5, 0.6) is 0 Å². The van der Waals surface area contributed by atoms with Gasteiger partial charge in [0.2, 0.25) is 0 Å². The number of amides is 1. The lowest BCUT2D eigenvalue weighted by Crippen LogP contribution is -2.44. The van der Waals surface area contributed by atoms with Crippen molar-refractivity contribution in [1.82, 2.24) is 4.90 Å². The molecule has 1 aliphatic heterocycles. The van der Waals surface area contributed by atoms with Gasteiger partial charge in [-0.2, -0.15) is 0 Å². The number of carbonyl (C=O) groups is 2. The lowest BCUT2D eigenvalue weighted by molar-refractivity contribution is -0.158. The number of hydrogen-bond acceptors (Lipinski definition) is 2. The molecule has 0 radical (unpaired) electrons. The van der Waals surface area contributed by atoms with Crippen molar-refractivity contribution in [2.75, 3.05) is 6.54 Å². The number of hydrogen-bond donors (Lipinski definition) is 1. The molecule has 1 aliphatic rings. The molecule has 1 amide bonds. The van der Waals surface area contributed by atoms with Crippen LogP contribution in [0.4, 0.5) is 4.39 Å². The Kier molecular flexibility index (Phi) is 4.06. The number of carbonyl (C=O) groups excluding carboxylic acids is 1. The van der Waals surface area contributed by atoms with E-state index in [1.807, 2.05) is 6.92 Å². The summed E-state index contributed by atoms with van der Waals surface area (Å²) in [5, 5.41) is 8.93. The first-order valence-electron chi connectivity index (χ1n) is 6.70. The van der Waals surface area contributed by atoms with Crippen LogP contribution >= 0.6 is 0 Å². The lowest BCUT2D eigenvalue weighted by atomic mass is 9.89. The fourth-order valence-corrected chi connectivity index (χ4v) is 2.72. The maximum Gasteiger partial charge on any atom is 0.394 e. The van der Waals surface area contributed by atoms with Crippen molar-refractivity contribution >= 4 is 11.9 Å². The topological polar surface area (TPSA) is 57.6 Å². The number of carboxylic acid groups (broad SMARTS) is 1. The Morgan fingerprint density at radius 1 is 1.35 bits per heavy atom. The monoisotopic (exact) mass is 279 g/mol. The summed E-state index contributed by atoms with van der Waals surface area (Å²) in [6, 6.07) is 4.41. The van der Waals surface area contributed by atoms with Gasteiger partial charge >= 0.3 is 11.9 Å². The van der Waals surface area contributed by atoms with Crippen LogP contribution in [0, 0.1) is 18.7 Å². The third-order valence-corrected chi connectivity index (χ3v) is 3.83. The highest BCUT2D eigenvalue weighted by Crippen LogP contribution is 2.34. The molecule has 0 bridgehead atoms. The normalized spacial score (nSPS) is 22.6. The van der Waals surface area contributed by atoms with Gasteiger partial charge in [-0.3, -0.25) is 4.79 Å². The summed E-state index contributed by atoms with van der Waals surface area (Å²) in [5.74, 6) is -2.35. The Morgan fingerprint density at radius 3 is 2.65 bits per heavy atom. The van der Waals surface area contributed by atoms with E-state index in [0.29, 0.717) is 18.5 Å². The fourth-order valence-electron chi connectivity index (χ4n) is 2.72. The van der Waals surface area contributed by atoms with Gasteiger partial charge < -0.3 is 10.0 Å². The second-order valence-electron chi connectivity index (χ2n) is 5.47. The highest BCUT2D eigenvalue weighted by Gasteiger charge is 2.34. The molecule has 0 aromatic heterocycles. The van der Waals surface area contributed by atoms with Gasteiger partial charge in [-0.1, -0.05) is 19.1 Å². The number of halogens is 1. The van der Waals surface area contributed by atoms with Crippen molar-refractivity contribution in [3.8, 4) is 0 Å². The molecule has 1 aromatic carbocycles. The van der Waals surface area contributed by atoms with E-state index in [9.17, 15) is 14.0 Å². The van der Waals surface area contributed by atoms with E-state index in [1.165, 1.54) is 11.0 Å². The molecule has 1 N–H and O–H groups in total. The molecule has 0 aliphatic carbocycles. The Balaban J connectivity index is 2.33. The summed E-state index contributed by atoms with van der Waals surface area (Å²) in [7, 11) is 0. The molecule has 20 heavy (non-hydrogen) atoms. The van der Waals surface area contributed by atoms with E-state index in [4.69, 9.17) is 5.11 Å². The highest BCUT2D eigenvalue weighted by atomic mass is 19.1. The minimum Gasteiger partial charge on any atom is -0.474 e. The Morgan fingerprint density at radius 2 is 2.05 bits per heavy atom. The van der Waals surface area contributed by atoms with Crippen LogP contribution in [0.15, 0.2) is 18.2 Å². The zero-order chi connectivity index (χ0) is 14.9. The fraction of sp³-hybridized carbons (Fsp3) is 0.467. The van der Waals surface area contributed by atoms with Crippen LogP contribution in [-0.4, -0.2) is 28.4 Å². The predicted molar refractivity (Wildman–Crippen MR) is 71.6 cm³/mol. The largest absolute Gasteiger partial charge is 0.474 e. The van der Waals surface area contributed by atoms with E-state index >= 15 is 0 Å². The van der Waals surface area contributed by atoms with E-state index in [-0.39, 0.29) is 17.8 Å². The number of aryl methyl sites for hydroxylation is 1. The van der Waals surface area contributed by atoms with Crippen molar-refractivity contribution in [3.63, 3.8) is 0 Å². The number of piperidine rings is 1. The van der Waals surface area contributed by atoms with Crippen LogP contribution in [0.1, 0.15) is 36.9 Å². The van der Waals surface area contributed by atoms with E-state index < -0.39 is 11.9 Å². The quantitative estimate of drug-likeness (QED) is 0.804. The van der Waals surface area contributed by atoms with Crippen molar-refractivity contribution in [3.05, 3.63) is 35.1 Å². The van der Waals surface area contributed by atoms with Crippen LogP contribution in [-0.2, 0) is 9.59 Å². The number of benzene rings is 1. The predicted octanol–water partition coefficient (Wildman–Crippen LogP) is 2.52. The SMILES string of the molecule is Cc1cc(C2CCC(C)CN2C(=O)C(=O)O)ccc1F. The number of likely N-dealkylation sites (tertiary alicyclic amines) is 1. The third-order valence-electron chi connectivity index (χ3n) is 3.83. The van der Waals surface area contributed by atoms with Gasteiger partial charge in [-0.25, -0.2) is 9.18 Å². The maximum atomic E-state index is 13.3. The van der Waals surface area contributed by atoms with Crippen molar-refractivity contribution < 1.29 is 19.1 Å². The second kappa shape index (κ2) is 5.61. The second-order valence-corrected chi connectivity index (χ2v) is 5.47. The molecule has 1 heterocycles. The first-order valence-corrected chi connectivity index (χ1v) is 6.70. The summed E-state index contributed by atoms with van der Waals surface area (Å²) in [5.41, 5.74) is 1.30. The standard InChI is InChI=1S/C15H18FNO3/c1-9-3-6-13(17(8-9)14(18)15(19)20)11-4-5-12(16)10(2)7-11/h4-5,7,9,13H,3,6,8H2,1-2H3,(H,19,20). The molecule has 4 nitrogen and oxygen atoms in total. The molecule has 1 aromatic rings. The smallest absolute Gasteiger partial charge is 0.394 e. The molecule has 5 heteroatoms. The number of aliphatic carboxylic acids is 1. The van der Waals surface area contributed by atoms with E-state index in [1.54, 1.807) is 19.1 Å². The molecule has 1 saturated heterocycles. The number of carboxylic acids is 1. The van der Waals surface area contributed by atoms with Crippen LogP contribution in [0.25, 0.3) is 0 Å².